The summed E-state index contributed by atoms with van der Waals surface area (Å²) in [6.07, 6.45) is 2.37. The van der Waals surface area contributed by atoms with E-state index in [1.165, 1.54) is 11.1 Å². The highest BCUT2D eigenvalue weighted by atomic mass is 35.5. The lowest BCUT2D eigenvalue weighted by Gasteiger charge is -2.12. The molecule has 0 spiro atoms. The summed E-state index contributed by atoms with van der Waals surface area (Å²) < 4.78 is 7.33. The second-order valence-electron chi connectivity index (χ2n) is 6.04. The van der Waals surface area contributed by atoms with Crippen molar-refractivity contribution in [3.8, 4) is 11.4 Å². The first-order chi connectivity index (χ1) is 11.7. The Kier molecular flexibility index (Phi) is 5.37. The standard InChI is InChI=1S/C18H18ClN3O2.ClH/c19-12-3-8-16-17(10-12)21-22(18(16)23)14-4-6-15(7-5-14)24-11-13-2-1-9-20-13;/h3-8,10,13,20-21H,1-2,9,11H2;1H/t13-;/m1./s1. The van der Waals surface area contributed by atoms with E-state index >= 15 is 0 Å². The van der Waals surface area contributed by atoms with Gasteiger partial charge in [-0.1, -0.05) is 11.6 Å². The summed E-state index contributed by atoms with van der Waals surface area (Å²) in [4.78, 5) is 12.5. The van der Waals surface area contributed by atoms with Crippen LogP contribution in [0.3, 0.4) is 0 Å². The molecule has 1 aliphatic heterocycles. The van der Waals surface area contributed by atoms with Crippen LogP contribution in [-0.2, 0) is 0 Å². The number of nitrogens with one attached hydrogen (secondary N) is 2. The van der Waals surface area contributed by atoms with Crippen molar-refractivity contribution in [3.63, 3.8) is 0 Å². The topological polar surface area (TPSA) is 59.0 Å². The Morgan fingerprint density at radius 1 is 1.20 bits per heavy atom. The normalized spacial score (nSPS) is 16.8. The number of halogens is 2. The highest BCUT2D eigenvalue weighted by molar-refractivity contribution is 6.31. The van der Waals surface area contributed by atoms with Gasteiger partial charge in [0, 0.05) is 11.1 Å². The van der Waals surface area contributed by atoms with Crippen LogP contribution in [0.5, 0.6) is 5.75 Å². The van der Waals surface area contributed by atoms with Crippen molar-refractivity contribution in [2.45, 2.75) is 18.9 Å². The first kappa shape index (κ1) is 17.9. The molecule has 5 nitrogen and oxygen atoms in total. The van der Waals surface area contributed by atoms with Crippen LogP contribution in [-0.4, -0.2) is 29.0 Å². The van der Waals surface area contributed by atoms with E-state index in [4.69, 9.17) is 16.3 Å². The monoisotopic (exact) mass is 379 g/mol. The number of hydrogen-bond donors (Lipinski definition) is 2. The summed E-state index contributed by atoms with van der Waals surface area (Å²) >= 11 is 5.98. The highest BCUT2D eigenvalue weighted by Crippen LogP contribution is 2.19. The fourth-order valence-corrected chi connectivity index (χ4v) is 3.23. The molecule has 1 atom stereocenters. The number of hydrogen-bond acceptors (Lipinski definition) is 3. The Hall–Kier alpha value is -1.95. The average molecular weight is 380 g/mol. The van der Waals surface area contributed by atoms with Gasteiger partial charge in [0.1, 0.15) is 12.4 Å². The van der Waals surface area contributed by atoms with Crippen molar-refractivity contribution < 1.29 is 4.74 Å². The van der Waals surface area contributed by atoms with Gasteiger partial charge in [0.25, 0.3) is 5.56 Å². The van der Waals surface area contributed by atoms with Crippen LogP contribution < -0.4 is 15.6 Å². The summed E-state index contributed by atoms with van der Waals surface area (Å²) in [5.74, 6) is 0.805. The third-order valence-electron chi connectivity index (χ3n) is 4.36. The summed E-state index contributed by atoms with van der Waals surface area (Å²) in [7, 11) is 0. The SMILES string of the molecule is Cl.O=c1c2ccc(Cl)cc2[nH]n1-c1ccc(OC[C@H]2CCCN2)cc1. The van der Waals surface area contributed by atoms with Crippen LogP contribution in [0.25, 0.3) is 16.6 Å². The van der Waals surface area contributed by atoms with E-state index in [0.29, 0.717) is 23.1 Å². The molecule has 2 heterocycles. The second kappa shape index (κ2) is 7.52. The zero-order valence-corrected chi connectivity index (χ0v) is 15.1. The molecule has 0 amide bonds. The molecule has 0 saturated carbocycles. The van der Waals surface area contributed by atoms with Crippen molar-refractivity contribution in [2.24, 2.45) is 0 Å². The number of H-pyrrole nitrogens is 1. The van der Waals surface area contributed by atoms with Gasteiger partial charge in [-0.15, -0.1) is 12.4 Å². The number of aromatic amines is 1. The molecule has 1 aliphatic rings. The Bertz CT molecular complexity index is 912. The fourth-order valence-electron chi connectivity index (χ4n) is 3.06. The van der Waals surface area contributed by atoms with E-state index in [1.54, 1.807) is 18.2 Å². The lowest BCUT2D eigenvalue weighted by atomic mass is 10.2. The Balaban J connectivity index is 0.00000182. The lowest BCUT2D eigenvalue weighted by Crippen LogP contribution is -2.28. The molecule has 2 N–H and O–H groups in total. The molecule has 0 radical (unpaired) electrons. The van der Waals surface area contributed by atoms with E-state index in [-0.39, 0.29) is 18.0 Å². The average Bonchev–Trinajstić information content (AvgIpc) is 3.22. The van der Waals surface area contributed by atoms with E-state index in [2.05, 4.69) is 10.4 Å². The minimum atomic E-state index is -0.0921. The van der Waals surface area contributed by atoms with Gasteiger partial charge in [-0.05, 0) is 61.9 Å². The zero-order valence-electron chi connectivity index (χ0n) is 13.5. The molecule has 3 aromatic rings. The van der Waals surface area contributed by atoms with Crippen LogP contribution in [0.1, 0.15) is 12.8 Å². The number of fused-ring (bicyclic) bond motifs is 1. The van der Waals surface area contributed by atoms with Gasteiger partial charge in [0.2, 0.25) is 0 Å². The van der Waals surface area contributed by atoms with Gasteiger partial charge < -0.3 is 10.1 Å². The Morgan fingerprint density at radius 3 is 2.72 bits per heavy atom. The maximum absolute atomic E-state index is 12.5. The fraction of sp³-hybridized carbons (Fsp3) is 0.278. The molecular weight excluding hydrogens is 361 g/mol. The quantitative estimate of drug-likeness (QED) is 0.728. The van der Waals surface area contributed by atoms with Gasteiger partial charge in [-0.2, -0.15) is 0 Å². The van der Waals surface area contributed by atoms with Crippen LogP contribution in [0.15, 0.2) is 47.3 Å². The van der Waals surface area contributed by atoms with Gasteiger partial charge in [0.05, 0.1) is 16.6 Å². The molecule has 25 heavy (non-hydrogen) atoms. The number of nitrogens with zero attached hydrogens (tertiary/aromatic N) is 1. The smallest absolute Gasteiger partial charge is 0.279 e. The molecular formula is C18H19Cl2N3O2. The number of aromatic nitrogens is 2. The largest absolute Gasteiger partial charge is 0.492 e. The maximum atomic E-state index is 12.5. The van der Waals surface area contributed by atoms with E-state index in [9.17, 15) is 4.79 Å². The summed E-state index contributed by atoms with van der Waals surface area (Å²) in [6.45, 7) is 1.74. The highest BCUT2D eigenvalue weighted by Gasteiger charge is 2.14. The second-order valence-corrected chi connectivity index (χ2v) is 6.48. The molecule has 0 unspecified atom stereocenters. The van der Waals surface area contributed by atoms with Gasteiger partial charge in [-0.3, -0.25) is 9.89 Å². The van der Waals surface area contributed by atoms with Gasteiger partial charge in [-0.25, -0.2) is 4.68 Å². The maximum Gasteiger partial charge on any atom is 0.279 e. The summed E-state index contributed by atoms with van der Waals surface area (Å²) in [5, 5.41) is 7.71. The molecule has 1 saturated heterocycles. The Morgan fingerprint density at radius 2 is 2.00 bits per heavy atom. The van der Waals surface area contributed by atoms with Crippen LogP contribution in [0.4, 0.5) is 0 Å². The van der Waals surface area contributed by atoms with Crippen LogP contribution >= 0.6 is 24.0 Å². The van der Waals surface area contributed by atoms with Crippen LogP contribution in [0.2, 0.25) is 5.02 Å². The van der Waals surface area contributed by atoms with Crippen LogP contribution in [0, 0.1) is 0 Å². The first-order valence-electron chi connectivity index (χ1n) is 8.07. The summed E-state index contributed by atoms with van der Waals surface area (Å²) in [6, 6.07) is 13.2. The molecule has 4 rings (SSSR count). The van der Waals surface area contributed by atoms with Gasteiger partial charge in [0.15, 0.2) is 0 Å². The molecule has 7 heteroatoms. The third-order valence-corrected chi connectivity index (χ3v) is 4.59. The van der Waals surface area contributed by atoms with Crippen molar-refractivity contribution in [1.82, 2.24) is 15.1 Å². The lowest BCUT2D eigenvalue weighted by molar-refractivity contribution is 0.277. The molecule has 0 bridgehead atoms. The van der Waals surface area contributed by atoms with Gasteiger partial charge >= 0.3 is 0 Å². The van der Waals surface area contributed by atoms with E-state index in [0.717, 1.165) is 29.9 Å². The van der Waals surface area contributed by atoms with Crippen molar-refractivity contribution in [3.05, 3.63) is 57.8 Å². The zero-order chi connectivity index (χ0) is 16.5. The molecule has 1 fully saturated rings. The third kappa shape index (κ3) is 3.68. The predicted molar refractivity (Wildman–Crippen MR) is 103 cm³/mol. The number of rotatable bonds is 4. The predicted octanol–water partition coefficient (Wildman–Crippen LogP) is 3.52. The molecule has 132 valence electrons. The molecule has 1 aromatic heterocycles. The van der Waals surface area contributed by atoms with E-state index in [1.807, 2.05) is 24.3 Å². The van der Waals surface area contributed by atoms with E-state index < -0.39 is 0 Å². The van der Waals surface area contributed by atoms with Crippen molar-refractivity contribution in [1.29, 1.82) is 0 Å². The molecule has 0 aliphatic carbocycles. The summed E-state index contributed by atoms with van der Waals surface area (Å²) in [5.41, 5.74) is 1.39. The molecule has 2 aromatic carbocycles. The number of ether oxygens (including phenoxy) is 1. The Labute approximate surface area is 156 Å². The minimum absolute atomic E-state index is 0. The number of benzene rings is 2. The van der Waals surface area contributed by atoms with Crippen molar-refractivity contribution >= 4 is 34.9 Å². The van der Waals surface area contributed by atoms with Crippen molar-refractivity contribution in [2.75, 3.05) is 13.2 Å². The minimum Gasteiger partial charge on any atom is -0.492 e. The first-order valence-corrected chi connectivity index (χ1v) is 8.45.